The molecule has 9 heteroatoms. The van der Waals surface area contributed by atoms with Gasteiger partial charge in [0.15, 0.2) is 11.0 Å². The van der Waals surface area contributed by atoms with Crippen LogP contribution >= 0.6 is 11.8 Å². The Morgan fingerprint density at radius 3 is 2.24 bits per heavy atom. The van der Waals surface area contributed by atoms with E-state index >= 15 is 0 Å². The van der Waals surface area contributed by atoms with Crippen LogP contribution in [0.25, 0.3) is 17.1 Å². The van der Waals surface area contributed by atoms with Crippen molar-refractivity contribution in [2.75, 3.05) is 32.4 Å². The lowest BCUT2D eigenvalue weighted by molar-refractivity contribution is -0.113. The summed E-state index contributed by atoms with van der Waals surface area (Å²) in [5.74, 6) is 2.77. The summed E-state index contributed by atoms with van der Waals surface area (Å²) < 4.78 is 17.8. The van der Waals surface area contributed by atoms with Gasteiger partial charge in [-0.15, -0.1) is 10.2 Å². The summed E-state index contributed by atoms with van der Waals surface area (Å²) in [5.41, 5.74) is 2.35. The molecule has 1 aromatic heterocycles. The molecule has 0 aliphatic rings. The minimum Gasteiger partial charge on any atom is -0.497 e. The van der Waals surface area contributed by atoms with Gasteiger partial charge >= 0.3 is 0 Å². The summed E-state index contributed by atoms with van der Waals surface area (Å²) >= 11 is 1.30. The van der Waals surface area contributed by atoms with Gasteiger partial charge in [0, 0.05) is 23.0 Å². The van der Waals surface area contributed by atoms with Crippen molar-refractivity contribution in [2.24, 2.45) is 0 Å². The second kappa shape index (κ2) is 10.8. The summed E-state index contributed by atoms with van der Waals surface area (Å²) in [7, 11) is 4.83. The van der Waals surface area contributed by atoms with Gasteiger partial charge in [-0.3, -0.25) is 9.36 Å². The highest BCUT2D eigenvalue weighted by molar-refractivity contribution is 7.99. The summed E-state index contributed by atoms with van der Waals surface area (Å²) in [5, 5.41) is 12.3. The van der Waals surface area contributed by atoms with E-state index in [2.05, 4.69) is 15.5 Å². The van der Waals surface area contributed by atoms with Crippen molar-refractivity contribution < 1.29 is 19.0 Å². The number of benzene rings is 3. The van der Waals surface area contributed by atoms with Crippen LogP contribution in [0.4, 0.5) is 5.69 Å². The number of nitrogens with one attached hydrogen (secondary N) is 1. The average molecular weight is 477 g/mol. The number of nitrogens with zero attached hydrogens (tertiary/aromatic N) is 3. The summed E-state index contributed by atoms with van der Waals surface area (Å²) in [4.78, 5) is 12.6. The first-order valence-corrected chi connectivity index (χ1v) is 11.4. The Bertz CT molecular complexity index is 1270. The molecule has 0 atom stereocenters. The third kappa shape index (κ3) is 5.32. The van der Waals surface area contributed by atoms with Crippen LogP contribution in [-0.4, -0.2) is 47.8 Å². The van der Waals surface area contributed by atoms with Crippen LogP contribution in [0.2, 0.25) is 0 Å². The molecule has 4 aromatic rings. The number of methoxy groups -OCH3 is 3. The summed E-state index contributed by atoms with van der Waals surface area (Å²) in [6.07, 6.45) is 0. The number of hydrogen-bond donors (Lipinski definition) is 1. The molecule has 0 saturated carbocycles. The number of carbonyl (C=O) groups excluding carboxylic acids is 1. The average Bonchev–Trinajstić information content (AvgIpc) is 3.31. The first-order chi connectivity index (χ1) is 16.6. The number of aromatic nitrogens is 3. The molecular formula is C25H24N4O4S. The first-order valence-electron chi connectivity index (χ1n) is 10.4. The SMILES string of the molecule is COc1ccc(-n2c(SCC(=O)Nc3cccc(OC)c3)nnc2-c2cccc(OC)c2)cc1. The number of anilines is 1. The molecule has 4 rings (SSSR count). The largest absolute Gasteiger partial charge is 0.497 e. The number of hydrogen-bond acceptors (Lipinski definition) is 7. The van der Waals surface area contributed by atoms with Crippen molar-refractivity contribution in [3.8, 4) is 34.3 Å². The van der Waals surface area contributed by atoms with Crippen LogP contribution in [0, 0.1) is 0 Å². The molecule has 0 unspecified atom stereocenters. The second-order valence-corrected chi connectivity index (χ2v) is 8.08. The Labute approximate surface area is 201 Å². The van der Waals surface area contributed by atoms with Gasteiger partial charge in [0.1, 0.15) is 17.2 Å². The molecule has 1 N–H and O–H groups in total. The van der Waals surface area contributed by atoms with Crippen molar-refractivity contribution in [3.05, 3.63) is 72.8 Å². The van der Waals surface area contributed by atoms with Crippen molar-refractivity contribution in [3.63, 3.8) is 0 Å². The molecule has 0 fully saturated rings. The lowest BCUT2D eigenvalue weighted by atomic mass is 10.2. The zero-order chi connectivity index (χ0) is 23.9. The molecule has 0 spiro atoms. The second-order valence-electron chi connectivity index (χ2n) is 7.14. The van der Waals surface area contributed by atoms with E-state index in [1.54, 1.807) is 27.4 Å². The molecule has 0 saturated heterocycles. The molecular weight excluding hydrogens is 452 g/mol. The molecule has 1 heterocycles. The van der Waals surface area contributed by atoms with Gasteiger partial charge in [0.25, 0.3) is 0 Å². The van der Waals surface area contributed by atoms with E-state index in [9.17, 15) is 4.79 Å². The number of rotatable bonds is 9. The van der Waals surface area contributed by atoms with E-state index in [1.807, 2.05) is 71.3 Å². The highest BCUT2D eigenvalue weighted by atomic mass is 32.2. The van der Waals surface area contributed by atoms with Gasteiger partial charge in [0.05, 0.1) is 27.1 Å². The van der Waals surface area contributed by atoms with Crippen LogP contribution in [0.5, 0.6) is 17.2 Å². The Kier molecular flexibility index (Phi) is 7.34. The van der Waals surface area contributed by atoms with Gasteiger partial charge in [-0.1, -0.05) is 30.0 Å². The van der Waals surface area contributed by atoms with Crippen LogP contribution in [-0.2, 0) is 4.79 Å². The lowest BCUT2D eigenvalue weighted by Crippen LogP contribution is -2.14. The zero-order valence-electron chi connectivity index (χ0n) is 19.0. The van der Waals surface area contributed by atoms with Gasteiger partial charge < -0.3 is 19.5 Å². The van der Waals surface area contributed by atoms with Gasteiger partial charge in [-0.2, -0.15) is 0 Å². The van der Waals surface area contributed by atoms with E-state index in [0.717, 1.165) is 17.0 Å². The maximum atomic E-state index is 12.6. The van der Waals surface area contributed by atoms with Crippen molar-refractivity contribution >= 4 is 23.4 Å². The van der Waals surface area contributed by atoms with E-state index in [4.69, 9.17) is 14.2 Å². The molecule has 3 aromatic carbocycles. The fourth-order valence-corrected chi connectivity index (χ4v) is 4.06. The number of carbonyl (C=O) groups is 1. The van der Waals surface area contributed by atoms with E-state index in [0.29, 0.717) is 28.2 Å². The van der Waals surface area contributed by atoms with Crippen molar-refractivity contribution in [2.45, 2.75) is 5.16 Å². The smallest absolute Gasteiger partial charge is 0.234 e. The van der Waals surface area contributed by atoms with E-state index in [-0.39, 0.29) is 11.7 Å². The van der Waals surface area contributed by atoms with Crippen LogP contribution in [0.3, 0.4) is 0 Å². The topological polar surface area (TPSA) is 87.5 Å². The molecule has 8 nitrogen and oxygen atoms in total. The molecule has 0 bridgehead atoms. The van der Waals surface area contributed by atoms with Crippen molar-refractivity contribution in [1.29, 1.82) is 0 Å². The monoisotopic (exact) mass is 476 g/mol. The molecule has 0 radical (unpaired) electrons. The molecule has 1 amide bonds. The van der Waals surface area contributed by atoms with Crippen molar-refractivity contribution in [1.82, 2.24) is 14.8 Å². The molecule has 0 aliphatic heterocycles. The standard InChI is InChI=1S/C25H24N4O4S/c1-31-20-12-10-19(11-13-20)29-24(17-6-4-8-21(14-17)32-2)27-28-25(29)34-16-23(30)26-18-7-5-9-22(15-18)33-3/h4-15H,16H2,1-3H3,(H,26,30). The number of amides is 1. The number of thioether (sulfide) groups is 1. The summed E-state index contributed by atoms with van der Waals surface area (Å²) in [6.45, 7) is 0. The van der Waals surface area contributed by atoms with Gasteiger partial charge in [-0.25, -0.2) is 0 Å². The fourth-order valence-electron chi connectivity index (χ4n) is 3.30. The number of ether oxygens (including phenoxy) is 3. The normalized spacial score (nSPS) is 10.6. The third-order valence-electron chi connectivity index (χ3n) is 4.98. The van der Waals surface area contributed by atoms with E-state index in [1.165, 1.54) is 11.8 Å². The zero-order valence-corrected chi connectivity index (χ0v) is 19.8. The highest BCUT2D eigenvalue weighted by Crippen LogP contribution is 2.30. The minimum absolute atomic E-state index is 0.156. The maximum absolute atomic E-state index is 12.6. The Morgan fingerprint density at radius 2 is 1.53 bits per heavy atom. The predicted molar refractivity (Wildman–Crippen MR) is 132 cm³/mol. The molecule has 34 heavy (non-hydrogen) atoms. The fraction of sp³-hybridized carbons (Fsp3) is 0.160. The quantitative estimate of drug-likeness (QED) is 0.351. The third-order valence-corrected chi connectivity index (χ3v) is 5.91. The Hall–Kier alpha value is -3.98. The summed E-state index contributed by atoms with van der Waals surface area (Å²) in [6, 6.07) is 22.4. The molecule has 174 valence electrons. The van der Waals surface area contributed by atoms with Crippen LogP contribution in [0.1, 0.15) is 0 Å². The van der Waals surface area contributed by atoms with Crippen LogP contribution in [0.15, 0.2) is 78.0 Å². The maximum Gasteiger partial charge on any atom is 0.234 e. The van der Waals surface area contributed by atoms with Gasteiger partial charge in [0.2, 0.25) is 5.91 Å². The predicted octanol–water partition coefficient (Wildman–Crippen LogP) is 4.69. The minimum atomic E-state index is -0.162. The van der Waals surface area contributed by atoms with E-state index < -0.39 is 0 Å². The highest BCUT2D eigenvalue weighted by Gasteiger charge is 2.18. The first kappa shape index (κ1) is 23.2. The van der Waals surface area contributed by atoms with Crippen LogP contribution < -0.4 is 19.5 Å². The van der Waals surface area contributed by atoms with Gasteiger partial charge in [-0.05, 0) is 48.5 Å². The Morgan fingerprint density at radius 1 is 0.853 bits per heavy atom. The molecule has 0 aliphatic carbocycles. The Balaban J connectivity index is 1.61. The lowest BCUT2D eigenvalue weighted by Gasteiger charge is -2.12.